The third-order valence-electron chi connectivity index (χ3n) is 8.34. The number of rotatable bonds is 12. The number of alkyl carbamates (subject to hydrolysis) is 1. The van der Waals surface area contributed by atoms with Gasteiger partial charge in [0, 0.05) is 19.0 Å². The van der Waals surface area contributed by atoms with Crippen LogP contribution in [0, 0.1) is 23.2 Å². The average molecular weight is 571 g/mol. The van der Waals surface area contributed by atoms with E-state index in [-0.39, 0.29) is 42.0 Å². The van der Waals surface area contributed by atoms with E-state index in [1.165, 1.54) is 6.08 Å². The topological polar surface area (TPSA) is 134 Å². The Morgan fingerprint density at radius 2 is 1.83 bits per heavy atom. The summed E-state index contributed by atoms with van der Waals surface area (Å²) in [6.07, 6.45) is 9.44. The molecule has 3 aliphatic rings. The lowest BCUT2D eigenvalue weighted by atomic mass is 9.88. The molecule has 4 amide bonds. The molecule has 1 aliphatic heterocycles. The van der Waals surface area contributed by atoms with Crippen LogP contribution in [-0.4, -0.2) is 71.3 Å². The highest BCUT2D eigenvalue weighted by Crippen LogP contribution is 2.65. The van der Waals surface area contributed by atoms with Crippen molar-refractivity contribution >= 4 is 29.6 Å². The number of Topliss-reactive ketones (excluding diaryl/α,β-unsaturated/α-hetero) is 1. The summed E-state index contributed by atoms with van der Waals surface area (Å²) in [6, 6.07) is -2.81. The van der Waals surface area contributed by atoms with Crippen molar-refractivity contribution in [2.24, 2.45) is 23.2 Å². The molecule has 2 aliphatic carbocycles. The third-order valence-corrected chi connectivity index (χ3v) is 8.34. The number of hydrogen-bond acceptors (Lipinski definition) is 6. The summed E-state index contributed by atoms with van der Waals surface area (Å²) in [5, 5.41) is 8.04. The van der Waals surface area contributed by atoms with E-state index >= 15 is 0 Å². The van der Waals surface area contributed by atoms with E-state index in [0.29, 0.717) is 19.4 Å². The molecular weight excluding hydrogens is 524 g/mol. The molecule has 1 heterocycles. The summed E-state index contributed by atoms with van der Waals surface area (Å²) >= 11 is 0. The minimum atomic E-state index is -1.07. The highest BCUT2D eigenvalue weighted by Gasteiger charge is 2.69. The van der Waals surface area contributed by atoms with Crippen molar-refractivity contribution in [2.75, 3.05) is 13.1 Å². The first-order valence-electron chi connectivity index (χ1n) is 14.5. The van der Waals surface area contributed by atoms with Gasteiger partial charge in [0.1, 0.15) is 17.7 Å². The monoisotopic (exact) mass is 570 g/mol. The predicted molar refractivity (Wildman–Crippen MR) is 155 cm³/mol. The van der Waals surface area contributed by atoms with Crippen molar-refractivity contribution in [3.05, 3.63) is 37.5 Å². The number of hydrogen-bond donors (Lipinski definition) is 3. The second kappa shape index (κ2) is 13.0. The van der Waals surface area contributed by atoms with Crippen LogP contribution in [-0.2, 0) is 23.9 Å². The molecule has 10 nitrogen and oxygen atoms in total. The van der Waals surface area contributed by atoms with Crippen molar-refractivity contribution in [1.29, 1.82) is 0 Å². The van der Waals surface area contributed by atoms with E-state index in [1.54, 1.807) is 31.7 Å². The molecule has 3 rings (SSSR count). The number of amides is 4. The number of nitrogens with zero attached hydrogens (tertiary/aromatic N) is 1. The van der Waals surface area contributed by atoms with E-state index in [0.717, 1.165) is 12.8 Å². The first kappa shape index (κ1) is 32.1. The molecule has 10 heteroatoms. The normalized spacial score (nSPS) is 25.6. The smallest absolute Gasteiger partial charge is 0.408 e. The Morgan fingerprint density at radius 3 is 2.41 bits per heavy atom. The van der Waals surface area contributed by atoms with Crippen molar-refractivity contribution < 1.29 is 28.7 Å². The van der Waals surface area contributed by atoms with E-state index in [1.807, 2.05) is 12.2 Å². The van der Waals surface area contributed by atoms with Crippen LogP contribution in [0.25, 0.3) is 0 Å². The molecule has 2 unspecified atom stereocenters. The molecule has 1 saturated heterocycles. The van der Waals surface area contributed by atoms with Gasteiger partial charge < -0.3 is 25.6 Å². The van der Waals surface area contributed by atoms with Crippen LogP contribution in [0.15, 0.2) is 37.5 Å². The predicted octanol–water partition coefficient (Wildman–Crippen LogP) is 3.04. The maximum absolute atomic E-state index is 14.1. The SMILES string of the molecule is C=CCCC(NC(=O)[C@@H]1[C@@H]2[C@H](CN1C(=O)[C@@H](NC(=O)OC(C)(C)C)C1C=CCCC1)C2(C)C)C(=O)C(=O)NCC=C. The van der Waals surface area contributed by atoms with Gasteiger partial charge in [-0.25, -0.2) is 4.79 Å². The van der Waals surface area contributed by atoms with Crippen LogP contribution in [0.4, 0.5) is 4.79 Å². The van der Waals surface area contributed by atoms with Gasteiger partial charge in [-0.3, -0.25) is 19.2 Å². The molecule has 0 aromatic carbocycles. The largest absolute Gasteiger partial charge is 0.444 e. The van der Waals surface area contributed by atoms with E-state index in [4.69, 9.17) is 4.74 Å². The van der Waals surface area contributed by atoms with Crippen LogP contribution in [0.3, 0.4) is 0 Å². The summed E-state index contributed by atoms with van der Waals surface area (Å²) < 4.78 is 5.46. The number of carbonyl (C=O) groups is 5. The molecular formula is C31H46N4O6. The van der Waals surface area contributed by atoms with Gasteiger partial charge in [0.15, 0.2) is 0 Å². The Balaban J connectivity index is 1.86. The zero-order valence-corrected chi connectivity index (χ0v) is 25.0. The van der Waals surface area contributed by atoms with Crippen LogP contribution in [0.2, 0.25) is 0 Å². The Labute approximate surface area is 243 Å². The Bertz CT molecular complexity index is 1090. The Morgan fingerprint density at radius 1 is 1.12 bits per heavy atom. The van der Waals surface area contributed by atoms with Gasteiger partial charge in [0.25, 0.3) is 5.91 Å². The maximum atomic E-state index is 14.1. The summed E-state index contributed by atoms with van der Waals surface area (Å²) in [6.45, 7) is 17.1. The van der Waals surface area contributed by atoms with E-state index < -0.39 is 47.4 Å². The van der Waals surface area contributed by atoms with Gasteiger partial charge in [0.2, 0.25) is 17.6 Å². The summed E-state index contributed by atoms with van der Waals surface area (Å²) in [7, 11) is 0. The van der Waals surface area contributed by atoms with E-state index in [2.05, 4.69) is 43.0 Å². The number of piperidine rings is 1. The lowest BCUT2D eigenvalue weighted by Gasteiger charge is -2.36. The zero-order chi connectivity index (χ0) is 30.5. The van der Waals surface area contributed by atoms with Crippen molar-refractivity contribution in [2.45, 2.75) is 90.4 Å². The lowest BCUT2D eigenvalue weighted by molar-refractivity contribution is -0.144. The van der Waals surface area contributed by atoms with E-state index in [9.17, 15) is 24.0 Å². The van der Waals surface area contributed by atoms with Gasteiger partial charge in [-0.05, 0) is 70.1 Å². The summed E-state index contributed by atoms with van der Waals surface area (Å²) in [4.78, 5) is 67.7. The zero-order valence-electron chi connectivity index (χ0n) is 25.0. The number of likely N-dealkylation sites (tertiary alicyclic amines) is 1. The average Bonchev–Trinajstić information content (AvgIpc) is 3.23. The minimum Gasteiger partial charge on any atom is -0.444 e. The number of nitrogens with one attached hydrogen (secondary N) is 3. The molecule has 0 radical (unpaired) electrons. The second-order valence-corrected chi connectivity index (χ2v) is 12.8. The van der Waals surface area contributed by atoms with Gasteiger partial charge in [-0.15, -0.1) is 13.2 Å². The molecule has 0 spiro atoms. The molecule has 0 aromatic rings. The molecule has 41 heavy (non-hydrogen) atoms. The molecule has 226 valence electrons. The molecule has 6 atom stereocenters. The first-order valence-corrected chi connectivity index (χ1v) is 14.5. The fraction of sp³-hybridized carbons (Fsp3) is 0.645. The Hall–Kier alpha value is -3.43. The second-order valence-electron chi connectivity index (χ2n) is 12.8. The van der Waals surface area contributed by atoms with Gasteiger partial charge in [-0.2, -0.15) is 0 Å². The first-order chi connectivity index (χ1) is 19.2. The van der Waals surface area contributed by atoms with Crippen LogP contribution >= 0.6 is 0 Å². The number of allylic oxidation sites excluding steroid dienone is 2. The van der Waals surface area contributed by atoms with Crippen LogP contribution in [0.1, 0.15) is 66.7 Å². The van der Waals surface area contributed by atoms with Crippen molar-refractivity contribution in [3.8, 4) is 0 Å². The van der Waals surface area contributed by atoms with Crippen molar-refractivity contribution in [3.63, 3.8) is 0 Å². The van der Waals surface area contributed by atoms with Gasteiger partial charge in [-0.1, -0.05) is 38.2 Å². The molecule has 0 bridgehead atoms. The summed E-state index contributed by atoms with van der Waals surface area (Å²) in [5.41, 5.74) is -0.910. The number of fused-ring (bicyclic) bond motifs is 1. The number of carbonyl (C=O) groups excluding carboxylic acids is 5. The van der Waals surface area contributed by atoms with Crippen LogP contribution in [0.5, 0.6) is 0 Å². The highest BCUT2D eigenvalue weighted by molar-refractivity contribution is 6.38. The maximum Gasteiger partial charge on any atom is 0.408 e. The molecule has 0 aromatic heterocycles. The quantitative estimate of drug-likeness (QED) is 0.244. The molecule has 1 saturated carbocycles. The lowest BCUT2D eigenvalue weighted by Crippen LogP contribution is -2.59. The Kier molecular flexibility index (Phi) is 10.2. The fourth-order valence-corrected chi connectivity index (χ4v) is 6.12. The third kappa shape index (κ3) is 7.65. The van der Waals surface area contributed by atoms with Crippen molar-refractivity contribution in [1.82, 2.24) is 20.9 Å². The van der Waals surface area contributed by atoms with Gasteiger partial charge in [0.05, 0.1) is 6.04 Å². The molecule has 3 N–H and O–H groups in total. The van der Waals surface area contributed by atoms with Gasteiger partial charge >= 0.3 is 6.09 Å². The highest BCUT2D eigenvalue weighted by atomic mass is 16.6. The standard InChI is InChI=1S/C31H46N4O6/c1-8-10-16-21(25(36)27(38)32-17-9-2)33-26(37)24-22-20(31(22,6)7)18-35(24)28(39)23(19-14-12-11-13-15-19)34-29(40)41-30(3,4)5/h8-9,12,14,19-24H,1-2,10-11,13,15-18H2,3-7H3,(H,32,38)(H,33,37)(H,34,40)/t19?,20-,21?,22-,23-,24-/m0/s1. The minimum absolute atomic E-state index is 0.101. The summed E-state index contributed by atoms with van der Waals surface area (Å²) in [5.74, 6) is -2.66. The van der Waals surface area contributed by atoms with Crippen LogP contribution < -0.4 is 16.0 Å². The molecule has 2 fully saturated rings. The number of ketones is 1. The number of ether oxygens (including phenoxy) is 1. The fourth-order valence-electron chi connectivity index (χ4n) is 6.12.